The van der Waals surface area contributed by atoms with Crippen LogP contribution in [-0.4, -0.2) is 17.0 Å². The lowest BCUT2D eigenvalue weighted by Gasteiger charge is -2.37. The highest BCUT2D eigenvalue weighted by Crippen LogP contribution is 2.51. The fraction of sp³-hybridized carbons (Fsp3) is 0.579. The standard InChI is InChI=1S/C19H25NO/c1-11(2)17-14-7-13-12(3)8-18(4,5)20-15(13)9-19(14,6)10-16(17)21/h7-8,11H,9-10H2,1-6H3. The van der Waals surface area contributed by atoms with Crippen molar-refractivity contribution in [3.05, 3.63) is 34.4 Å². The van der Waals surface area contributed by atoms with Gasteiger partial charge in [-0.3, -0.25) is 9.79 Å². The Morgan fingerprint density at radius 3 is 2.48 bits per heavy atom. The highest BCUT2D eigenvalue weighted by molar-refractivity contribution is 6.10. The Labute approximate surface area is 127 Å². The van der Waals surface area contributed by atoms with Crippen LogP contribution in [0.4, 0.5) is 0 Å². The predicted molar refractivity (Wildman–Crippen MR) is 87.6 cm³/mol. The Morgan fingerprint density at radius 1 is 1.19 bits per heavy atom. The molecule has 21 heavy (non-hydrogen) atoms. The summed E-state index contributed by atoms with van der Waals surface area (Å²) in [5, 5.41) is 0. The van der Waals surface area contributed by atoms with E-state index in [-0.39, 0.29) is 11.0 Å². The smallest absolute Gasteiger partial charge is 0.160 e. The van der Waals surface area contributed by atoms with Crippen molar-refractivity contribution < 1.29 is 4.79 Å². The van der Waals surface area contributed by atoms with Gasteiger partial charge in [-0.2, -0.15) is 0 Å². The predicted octanol–water partition coefficient (Wildman–Crippen LogP) is 4.43. The van der Waals surface area contributed by atoms with Crippen LogP contribution < -0.4 is 0 Å². The molecule has 2 nitrogen and oxygen atoms in total. The van der Waals surface area contributed by atoms with Crippen LogP contribution in [-0.2, 0) is 4.79 Å². The van der Waals surface area contributed by atoms with E-state index >= 15 is 0 Å². The Morgan fingerprint density at radius 2 is 1.86 bits per heavy atom. The van der Waals surface area contributed by atoms with Crippen molar-refractivity contribution in [3.63, 3.8) is 0 Å². The third-order valence-electron chi connectivity index (χ3n) is 4.94. The number of Topliss-reactive ketones (excluding diaryl/α,β-unsaturated/α-hetero) is 1. The maximum Gasteiger partial charge on any atom is 0.160 e. The van der Waals surface area contributed by atoms with E-state index in [0.717, 1.165) is 12.0 Å². The van der Waals surface area contributed by atoms with E-state index in [2.05, 4.69) is 53.7 Å². The largest absolute Gasteiger partial charge is 0.294 e. The summed E-state index contributed by atoms with van der Waals surface area (Å²) >= 11 is 0. The van der Waals surface area contributed by atoms with Crippen LogP contribution in [0.3, 0.4) is 0 Å². The van der Waals surface area contributed by atoms with Gasteiger partial charge in [-0.1, -0.05) is 26.8 Å². The number of dihydropyridines is 1. The second-order valence-electron chi connectivity index (χ2n) is 7.92. The van der Waals surface area contributed by atoms with Gasteiger partial charge in [-0.05, 0) is 55.9 Å². The summed E-state index contributed by atoms with van der Waals surface area (Å²) in [7, 11) is 0. The Kier molecular flexibility index (Phi) is 2.96. The van der Waals surface area contributed by atoms with Crippen molar-refractivity contribution in [2.24, 2.45) is 16.3 Å². The summed E-state index contributed by atoms with van der Waals surface area (Å²) in [6, 6.07) is 0. The van der Waals surface area contributed by atoms with Gasteiger partial charge in [-0.25, -0.2) is 0 Å². The molecule has 0 amide bonds. The lowest BCUT2D eigenvalue weighted by Crippen LogP contribution is -2.32. The van der Waals surface area contributed by atoms with E-state index in [4.69, 9.17) is 4.99 Å². The van der Waals surface area contributed by atoms with Crippen molar-refractivity contribution in [3.8, 4) is 0 Å². The first-order valence-electron chi connectivity index (χ1n) is 7.91. The fourth-order valence-corrected chi connectivity index (χ4v) is 4.18. The SMILES string of the molecule is CC1=CC(C)(C)N=C2CC3(C)CC(=O)C(C(C)C)=C3C=C12. The lowest BCUT2D eigenvalue weighted by atomic mass is 9.70. The number of aliphatic imine (C=N–C) groups is 1. The number of allylic oxidation sites excluding steroid dienone is 5. The summed E-state index contributed by atoms with van der Waals surface area (Å²) in [4.78, 5) is 17.4. The van der Waals surface area contributed by atoms with E-state index in [1.807, 2.05) is 0 Å². The van der Waals surface area contributed by atoms with E-state index in [9.17, 15) is 4.79 Å². The molecule has 1 aliphatic heterocycles. The molecule has 3 aliphatic rings. The molecule has 2 aliphatic carbocycles. The zero-order valence-electron chi connectivity index (χ0n) is 14.0. The second-order valence-corrected chi connectivity index (χ2v) is 7.92. The molecule has 0 spiro atoms. The van der Waals surface area contributed by atoms with E-state index in [0.29, 0.717) is 18.1 Å². The molecule has 0 aromatic carbocycles. The lowest BCUT2D eigenvalue weighted by molar-refractivity contribution is -0.116. The second kappa shape index (κ2) is 4.28. The van der Waals surface area contributed by atoms with Gasteiger partial charge in [0.25, 0.3) is 0 Å². The molecule has 0 saturated carbocycles. The highest BCUT2D eigenvalue weighted by atomic mass is 16.1. The Hall–Kier alpha value is -1.44. The minimum absolute atomic E-state index is 0.0489. The molecule has 1 heterocycles. The number of hydrogen-bond acceptors (Lipinski definition) is 2. The van der Waals surface area contributed by atoms with E-state index in [1.54, 1.807) is 0 Å². The molecule has 0 bridgehead atoms. The third kappa shape index (κ3) is 2.16. The molecular weight excluding hydrogens is 258 g/mol. The van der Waals surface area contributed by atoms with Crippen LogP contribution in [0.1, 0.15) is 54.4 Å². The van der Waals surface area contributed by atoms with Crippen LogP contribution in [0, 0.1) is 11.3 Å². The summed E-state index contributed by atoms with van der Waals surface area (Å²) < 4.78 is 0. The third-order valence-corrected chi connectivity index (χ3v) is 4.94. The summed E-state index contributed by atoms with van der Waals surface area (Å²) in [5.74, 6) is 0.633. The van der Waals surface area contributed by atoms with Crippen molar-refractivity contribution in [1.82, 2.24) is 0 Å². The number of fused-ring (bicyclic) bond motifs is 2. The van der Waals surface area contributed by atoms with Gasteiger partial charge < -0.3 is 0 Å². The number of hydrogen-bond donors (Lipinski definition) is 0. The van der Waals surface area contributed by atoms with Gasteiger partial charge in [0.15, 0.2) is 5.78 Å². The van der Waals surface area contributed by atoms with Crippen molar-refractivity contribution in [1.29, 1.82) is 0 Å². The van der Waals surface area contributed by atoms with Crippen LogP contribution in [0.25, 0.3) is 0 Å². The molecule has 0 saturated heterocycles. The zero-order chi connectivity index (χ0) is 15.6. The van der Waals surface area contributed by atoms with Gasteiger partial charge in [0, 0.05) is 23.1 Å². The zero-order valence-corrected chi connectivity index (χ0v) is 14.0. The first kappa shape index (κ1) is 14.5. The Bertz CT molecular complexity index is 655. The fourth-order valence-electron chi connectivity index (χ4n) is 4.18. The normalized spacial score (nSPS) is 30.8. The highest BCUT2D eigenvalue weighted by Gasteiger charge is 2.46. The van der Waals surface area contributed by atoms with Gasteiger partial charge >= 0.3 is 0 Å². The molecule has 0 fully saturated rings. The molecule has 0 N–H and O–H groups in total. The van der Waals surface area contributed by atoms with Crippen molar-refractivity contribution in [2.45, 2.75) is 59.9 Å². The monoisotopic (exact) mass is 283 g/mol. The topological polar surface area (TPSA) is 29.4 Å². The maximum absolute atomic E-state index is 12.5. The quantitative estimate of drug-likeness (QED) is 0.700. The van der Waals surface area contributed by atoms with Crippen LogP contribution in [0.2, 0.25) is 0 Å². The number of nitrogens with zero attached hydrogens (tertiary/aromatic N) is 1. The molecule has 0 radical (unpaired) electrons. The van der Waals surface area contributed by atoms with Crippen molar-refractivity contribution >= 4 is 11.5 Å². The summed E-state index contributed by atoms with van der Waals surface area (Å²) in [6.07, 6.45) is 6.02. The number of rotatable bonds is 1. The summed E-state index contributed by atoms with van der Waals surface area (Å²) in [6.45, 7) is 12.9. The average molecular weight is 283 g/mol. The first-order valence-corrected chi connectivity index (χ1v) is 7.91. The minimum Gasteiger partial charge on any atom is -0.294 e. The van der Waals surface area contributed by atoms with Gasteiger partial charge in [0.05, 0.1) is 5.54 Å². The van der Waals surface area contributed by atoms with Crippen LogP contribution in [0.15, 0.2) is 39.4 Å². The van der Waals surface area contributed by atoms with E-state index < -0.39 is 0 Å². The maximum atomic E-state index is 12.5. The molecule has 0 aromatic rings. The molecule has 112 valence electrons. The van der Waals surface area contributed by atoms with Gasteiger partial charge in [0.1, 0.15) is 0 Å². The van der Waals surface area contributed by atoms with Gasteiger partial charge in [0.2, 0.25) is 0 Å². The average Bonchev–Trinajstić information content (AvgIpc) is 2.54. The molecule has 1 atom stereocenters. The number of carbonyl (C=O) groups is 1. The molecule has 1 unspecified atom stereocenters. The van der Waals surface area contributed by atoms with Crippen LogP contribution in [0.5, 0.6) is 0 Å². The molecule has 3 rings (SSSR count). The van der Waals surface area contributed by atoms with Gasteiger partial charge in [-0.15, -0.1) is 0 Å². The number of ketones is 1. The van der Waals surface area contributed by atoms with E-state index in [1.165, 1.54) is 22.4 Å². The summed E-state index contributed by atoms with van der Waals surface area (Å²) in [5.41, 5.74) is 5.86. The van der Waals surface area contributed by atoms with Crippen LogP contribution >= 0.6 is 0 Å². The molecule has 0 aromatic heterocycles. The Balaban J connectivity index is 2.20. The first-order chi connectivity index (χ1) is 9.63. The molecule has 2 heteroatoms. The van der Waals surface area contributed by atoms with Crippen molar-refractivity contribution in [2.75, 3.05) is 0 Å². The molecular formula is C19H25NO. The number of carbonyl (C=O) groups excluding carboxylic acids is 1. The minimum atomic E-state index is -0.127.